The third-order valence-electron chi connectivity index (χ3n) is 7.99. The Labute approximate surface area is 244 Å². The molecule has 0 spiro atoms. The predicted molar refractivity (Wildman–Crippen MR) is 174 cm³/mol. The van der Waals surface area contributed by atoms with E-state index in [0.717, 1.165) is 61.2 Å². The molecule has 1 aliphatic rings. The van der Waals surface area contributed by atoms with Crippen molar-refractivity contribution in [2.24, 2.45) is 0 Å². The first kappa shape index (κ1) is 24.6. The minimum absolute atomic E-state index is 0.777. The van der Waals surface area contributed by atoms with Crippen molar-refractivity contribution in [1.82, 2.24) is 9.55 Å². The molecule has 5 heteroatoms. The number of imidazole rings is 1. The van der Waals surface area contributed by atoms with E-state index >= 15 is 4.57 Å². The topological polar surface area (TPSA) is 38.1 Å². The summed E-state index contributed by atoms with van der Waals surface area (Å²) < 4.78 is 20.0. The Bertz CT molecular complexity index is 2120. The van der Waals surface area contributed by atoms with E-state index in [1.54, 1.807) is 0 Å². The fraction of sp³-hybridized carbons (Fsp3) is 0. The molecule has 1 unspecified atom stereocenters. The summed E-state index contributed by atoms with van der Waals surface area (Å²) in [5.74, 6) is 0.849. The molecule has 200 valence electrons. The predicted octanol–water partition coefficient (Wildman–Crippen LogP) is 8.74. The lowest BCUT2D eigenvalue weighted by Crippen LogP contribution is -2.33. The van der Waals surface area contributed by atoms with Crippen LogP contribution in [0.4, 0.5) is 11.4 Å². The Morgan fingerprint density at radius 1 is 0.524 bits per heavy atom. The van der Waals surface area contributed by atoms with Gasteiger partial charge in [0.1, 0.15) is 5.82 Å². The van der Waals surface area contributed by atoms with Crippen molar-refractivity contribution in [3.05, 3.63) is 158 Å². The Morgan fingerprint density at radius 3 is 1.88 bits per heavy atom. The van der Waals surface area contributed by atoms with Crippen LogP contribution in [-0.2, 0) is 4.57 Å². The third-order valence-corrected chi connectivity index (χ3v) is 11.0. The molecule has 0 N–H and O–H groups in total. The number of aromatic nitrogens is 2. The Balaban J connectivity index is 1.33. The van der Waals surface area contributed by atoms with Crippen LogP contribution in [0.2, 0.25) is 0 Å². The summed E-state index contributed by atoms with van der Waals surface area (Å²) in [5.41, 5.74) is 7.92. The molecular weight excluding hydrogens is 533 g/mol. The molecule has 0 aliphatic carbocycles. The van der Waals surface area contributed by atoms with E-state index in [4.69, 9.17) is 4.98 Å². The summed E-state index contributed by atoms with van der Waals surface area (Å²) >= 11 is 0. The average Bonchev–Trinajstić information content (AvgIpc) is 3.46. The van der Waals surface area contributed by atoms with Crippen LogP contribution >= 0.6 is 7.29 Å². The van der Waals surface area contributed by atoms with Gasteiger partial charge in [0.25, 0.3) is 0 Å². The first-order valence-electron chi connectivity index (χ1n) is 14.0. The van der Waals surface area contributed by atoms with Crippen molar-refractivity contribution >= 4 is 40.3 Å². The van der Waals surface area contributed by atoms with Crippen molar-refractivity contribution in [2.75, 3.05) is 4.67 Å². The molecule has 4 nitrogen and oxygen atoms in total. The number of fused-ring (bicyclic) bond motifs is 4. The molecule has 7 aromatic rings. The number of anilines is 2. The number of nitrogens with zero attached hydrogens (tertiary/aromatic N) is 3. The second-order valence-corrected chi connectivity index (χ2v) is 12.9. The van der Waals surface area contributed by atoms with Crippen LogP contribution in [0.1, 0.15) is 0 Å². The normalized spacial score (nSPS) is 15.8. The summed E-state index contributed by atoms with van der Waals surface area (Å²) in [6.45, 7) is 0. The first-order valence-corrected chi connectivity index (χ1v) is 15.7. The molecule has 1 aromatic heterocycles. The number of hydrogen-bond acceptors (Lipinski definition) is 2. The minimum Gasteiger partial charge on any atom is -0.292 e. The lowest BCUT2D eigenvalue weighted by atomic mass is 10.0. The van der Waals surface area contributed by atoms with E-state index in [1.807, 2.05) is 109 Å². The van der Waals surface area contributed by atoms with Gasteiger partial charge >= 0.3 is 0 Å². The van der Waals surface area contributed by atoms with Gasteiger partial charge in [-0.05, 0) is 66.2 Å². The molecule has 1 aliphatic heterocycles. The third kappa shape index (κ3) is 3.69. The maximum absolute atomic E-state index is 15.7. The van der Waals surface area contributed by atoms with Crippen molar-refractivity contribution in [2.45, 2.75) is 0 Å². The van der Waals surface area contributed by atoms with Crippen molar-refractivity contribution in [3.8, 4) is 28.2 Å². The standard InChI is InChI=1S/C37H26N3OP/c41-42(36-22-12-8-18-32(36)31-17-7-10-20-34(31)40(42)29-15-5-2-6-16-29)30-25-23-27(24-26-30)37-38-33-19-9-11-21-35(33)39(37)28-13-3-1-4-14-28/h1-26H. The molecule has 6 aromatic carbocycles. The Morgan fingerprint density at radius 2 is 1.12 bits per heavy atom. The van der Waals surface area contributed by atoms with Gasteiger partial charge in [-0.3, -0.25) is 13.8 Å². The van der Waals surface area contributed by atoms with Crippen molar-refractivity contribution < 1.29 is 4.57 Å². The summed E-state index contributed by atoms with van der Waals surface area (Å²) in [6, 6.07) is 53.1. The highest BCUT2D eigenvalue weighted by atomic mass is 31.2. The summed E-state index contributed by atoms with van der Waals surface area (Å²) in [6.07, 6.45) is 0. The Kier molecular flexibility index (Phi) is 5.70. The molecule has 1 atom stereocenters. The molecule has 0 saturated heterocycles. The average molecular weight is 560 g/mol. The lowest BCUT2D eigenvalue weighted by molar-refractivity contribution is 0.587. The van der Waals surface area contributed by atoms with E-state index in [1.165, 1.54) is 0 Å². The van der Waals surface area contributed by atoms with Crippen LogP contribution < -0.4 is 15.3 Å². The zero-order chi connectivity index (χ0) is 28.1. The zero-order valence-electron chi connectivity index (χ0n) is 22.7. The van der Waals surface area contributed by atoms with Gasteiger partial charge in [0.2, 0.25) is 7.29 Å². The number of rotatable bonds is 4. The fourth-order valence-electron chi connectivity index (χ4n) is 6.11. The van der Waals surface area contributed by atoms with Crippen molar-refractivity contribution in [1.29, 1.82) is 0 Å². The quantitative estimate of drug-likeness (QED) is 0.202. The number of para-hydroxylation sites is 5. The zero-order valence-corrected chi connectivity index (χ0v) is 23.6. The molecule has 0 fully saturated rings. The lowest BCUT2D eigenvalue weighted by Gasteiger charge is -2.40. The van der Waals surface area contributed by atoms with Gasteiger partial charge in [0.05, 0.1) is 16.7 Å². The van der Waals surface area contributed by atoms with Crippen LogP contribution in [0.25, 0.3) is 39.2 Å². The number of hydrogen-bond donors (Lipinski definition) is 0. The summed E-state index contributed by atoms with van der Waals surface area (Å²) in [5, 5.41) is 1.62. The molecule has 0 radical (unpaired) electrons. The highest BCUT2D eigenvalue weighted by molar-refractivity contribution is 7.80. The van der Waals surface area contributed by atoms with Crippen LogP contribution in [-0.4, -0.2) is 9.55 Å². The molecule has 0 amide bonds. The summed E-state index contributed by atoms with van der Waals surface area (Å²) in [4.78, 5) is 5.03. The van der Waals surface area contributed by atoms with Crippen LogP contribution in [0.15, 0.2) is 158 Å². The second-order valence-electron chi connectivity index (χ2n) is 10.4. The molecule has 0 bridgehead atoms. The van der Waals surface area contributed by atoms with Crippen LogP contribution in [0.5, 0.6) is 0 Å². The van der Waals surface area contributed by atoms with Gasteiger partial charge in [-0.15, -0.1) is 0 Å². The molecule has 0 saturated carbocycles. The molecule has 2 heterocycles. The summed E-state index contributed by atoms with van der Waals surface area (Å²) in [7, 11) is -3.32. The van der Waals surface area contributed by atoms with Gasteiger partial charge < -0.3 is 0 Å². The minimum atomic E-state index is -3.32. The molecular formula is C37H26N3OP. The largest absolute Gasteiger partial charge is 0.292 e. The van der Waals surface area contributed by atoms with Gasteiger partial charge in [-0.2, -0.15) is 0 Å². The molecule has 8 rings (SSSR count). The maximum atomic E-state index is 15.7. The highest BCUT2D eigenvalue weighted by Gasteiger charge is 2.42. The van der Waals surface area contributed by atoms with Crippen LogP contribution in [0, 0.1) is 0 Å². The van der Waals surface area contributed by atoms with E-state index < -0.39 is 7.29 Å². The first-order chi connectivity index (χ1) is 20.7. The van der Waals surface area contributed by atoms with E-state index in [0.29, 0.717) is 0 Å². The SMILES string of the molecule is O=P1(c2ccc(-c3nc4ccccc4n3-c3ccccc3)cc2)c2ccccc2-c2ccccc2N1c1ccccc1. The van der Waals surface area contributed by atoms with E-state index in [-0.39, 0.29) is 0 Å². The van der Waals surface area contributed by atoms with Crippen molar-refractivity contribution in [3.63, 3.8) is 0 Å². The van der Waals surface area contributed by atoms with Crippen LogP contribution in [0.3, 0.4) is 0 Å². The van der Waals surface area contributed by atoms with E-state index in [9.17, 15) is 0 Å². The maximum Gasteiger partial charge on any atom is 0.234 e. The molecule has 42 heavy (non-hydrogen) atoms. The second kappa shape index (κ2) is 9.73. The van der Waals surface area contributed by atoms with E-state index in [2.05, 4.69) is 57.8 Å². The number of benzene rings is 6. The highest BCUT2D eigenvalue weighted by Crippen LogP contribution is 2.60. The van der Waals surface area contributed by atoms with Gasteiger partial charge in [0.15, 0.2) is 0 Å². The van der Waals surface area contributed by atoms with Gasteiger partial charge in [-0.1, -0.05) is 97.1 Å². The monoisotopic (exact) mass is 559 g/mol. The van der Waals surface area contributed by atoms with Gasteiger partial charge in [-0.25, -0.2) is 4.98 Å². The fourth-order valence-corrected chi connectivity index (χ4v) is 9.13. The Hall–Kier alpha value is -5.18. The smallest absolute Gasteiger partial charge is 0.234 e. The van der Waals surface area contributed by atoms with Gasteiger partial charge in [0, 0.05) is 33.1 Å².